The Hall–Kier alpha value is -1.53. The molecular formula is C12H19N3O3. The second kappa shape index (κ2) is 5.41. The molecule has 1 aromatic heterocycles. The fourth-order valence-corrected chi connectivity index (χ4v) is 2.05. The lowest BCUT2D eigenvalue weighted by Gasteiger charge is -2.21. The largest absolute Gasteiger partial charge is 0.397 e. The van der Waals surface area contributed by atoms with Gasteiger partial charge in [-0.3, -0.25) is 4.79 Å². The number of carbonyl (C=O) groups is 1. The van der Waals surface area contributed by atoms with Crippen LogP contribution in [0.5, 0.6) is 0 Å². The van der Waals surface area contributed by atoms with Crippen LogP contribution in [-0.4, -0.2) is 51.9 Å². The van der Waals surface area contributed by atoms with Gasteiger partial charge < -0.3 is 25.4 Å². The van der Waals surface area contributed by atoms with Crippen LogP contribution in [0.1, 0.15) is 29.4 Å². The van der Waals surface area contributed by atoms with E-state index in [2.05, 4.69) is 0 Å². The van der Waals surface area contributed by atoms with E-state index in [1.807, 2.05) is 4.57 Å². The number of nitrogens with two attached hydrogens (primary N) is 1. The molecule has 0 saturated heterocycles. The third-order valence-electron chi connectivity index (χ3n) is 3.06. The monoisotopic (exact) mass is 253 g/mol. The number of aromatic nitrogens is 1. The first-order chi connectivity index (χ1) is 8.67. The number of hydrogen-bond donors (Lipinski definition) is 3. The molecule has 6 heteroatoms. The van der Waals surface area contributed by atoms with Gasteiger partial charge in [0.15, 0.2) is 0 Å². The zero-order chi connectivity index (χ0) is 13.1. The van der Waals surface area contributed by atoms with Crippen molar-refractivity contribution in [2.75, 3.05) is 32.0 Å². The van der Waals surface area contributed by atoms with Crippen molar-refractivity contribution >= 4 is 11.6 Å². The van der Waals surface area contributed by atoms with E-state index in [0.717, 1.165) is 12.8 Å². The van der Waals surface area contributed by atoms with Gasteiger partial charge in [-0.1, -0.05) is 0 Å². The van der Waals surface area contributed by atoms with Gasteiger partial charge in [0.25, 0.3) is 5.91 Å². The molecule has 1 aliphatic rings. The molecule has 6 nitrogen and oxygen atoms in total. The maximum atomic E-state index is 12.3. The summed E-state index contributed by atoms with van der Waals surface area (Å²) in [7, 11) is 0. The van der Waals surface area contributed by atoms with Gasteiger partial charge in [-0.2, -0.15) is 0 Å². The fraction of sp³-hybridized carbons (Fsp3) is 0.583. The minimum absolute atomic E-state index is 0.120. The highest BCUT2D eigenvalue weighted by Gasteiger charge is 2.29. The topological polar surface area (TPSA) is 91.7 Å². The van der Waals surface area contributed by atoms with E-state index >= 15 is 0 Å². The van der Waals surface area contributed by atoms with Gasteiger partial charge in [-0.25, -0.2) is 0 Å². The van der Waals surface area contributed by atoms with Crippen LogP contribution in [0.4, 0.5) is 5.69 Å². The molecule has 100 valence electrons. The minimum Gasteiger partial charge on any atom is -0.397 e. The summed E-state index contributed by atoms with van der Waals surface area (Å²) in [6.45, 7) is 0.195. The first kappa shape index (κ1) is 12.9. The average Bonchev–Trinajstić information content (AvgIpc) is 3.11. The second-order valence-corrected chi connectivity index (χ2v) is 4.54. The summed E-state index contributed by atoms with van der Waals surface area (Å²) < 4.78 is 1.90. The number of amides is 1. The maximum absolute atomic E-state index is 12.3. The quantitative estimate of drug-likeness (QED) is 0.656. The van der Waals surface area contributed by atoms with Crippen LogP contribution in [0.15, 0.2) is 12.3 Å². The summed E-state index contributed by atoms with van der Waals surface area (Å²) in [5, 5.41) is 17.9. The van der Waals surface area contributed by atoms with E-state index in [1.165, 1.54) is 4.90 Å². The van der Waals surface area contributed by atoms with Crippen molar-refractivity contribution in [3.63, 3.8) is 0 Å². The van der Waals surface area contributed by atoms with Gasteiger partial charge in [0.2, 0.25) is 0 Å². The lowest BCUT2D eigenvalue weighted by atomic mass is 10.3. The fourth-order valence-electron chi connectivity index (χ4n) is 2.05. The summed E-state index contributed by atoms with van der Waals surface area (Å²) >= 11 is 0. The first-order valence-corrected chi connectivity index (χ1v) is 6.15. The van der Waals surface area contributed by atoms with Crippen LogP contribution in [0.2, 0.25) is 0 Å². The van der Waals surface area contributed by atoms with Crippen LogP contribution < -0.4 is 5.73 Å². The van der Waals surface area contributed by atoms with Crippen LogP contribution in [0, 0.1) is 0 Å². The van der Waals surface area contributed by atoms with E-state index < -0.39 is 0 Å². The van der Waals surface area contributed by atoms with E-state index in [0.29, 0.717) is 17.4 Å². The molecular weight excluding hydrogens is 234 g/mol. The van der Waals surface area contributed by atoms with E-state index in [1.54, 1.807) is 12.3 Å². The lowest BCUT2D eigenvalue weighted by molar-refractivity contribution is 0.0674. The predicted octanol–water partition coefficient (Wildman–Crippen LogP) is -0.168. The zero-order valence-corrected chi connectivity index (χ0v) is 10.2. The highest BCUT2D eigenvalue weighted by molar-refractivity contribution is 5.94. The molecule has 1 amide bonds. The molecule has 4 N–H and O–H groups in total. The molecule has 18 heavy (non-hydrogen) atoms. The molecule has 0 spiro atoms. The molecule has 1 saturated carbocycles. The molecule has 1 fully saturated rings. The van der Waals surface area contributed by atoms with E-state index in [4.69, 9.17) is 15.9 Å². The number of aliphatic hydroxyl groups is 2. The molecule has 0 aliphatic heterocycles. The van der Waals surface area contributed by atoms with Crippen molar-refractivity contribution in [3.05, 3.63) is 18.0 Å². The average molecular weight is 253 g/mol. The Morgan fingerprint density at radius 2 is 2.00 bits per heavy atom. The van der Waals surface area contributed by atoms with Crippen molar-refractivity contribution in [3.8, 4) is 0 Å². The molecule has 1 aromatic rings. The molecule has 0 bridgehead atoms. The number of nitrogens with zero attached hydrogens (tertiary/aromatic N) is 2. The van der Waals surface area contributed by atoms with Crippen molar-refractivity contribution in [2.24, 2.45) is 0 Å². The van der Waals surface area contributed by atoms with Gasteiger partial charge in [0.1, 0.15) is 5.69 Å². The molecule has 0 radical (unpaired) electrons. The Labute approximate surface area is 106 Å². The summed E-state index contributed by atoms with van der Waals surface area (Å²) in [6, 6.07) is 2.02. The Morgan fingerprint density at radius 3 is 2.50 bits per heavy atom. The Morgan fingerprint density at radius 1 is 1.39 bits per heavy atom. The Balaban J connectivity index is 2.20. The normalized spacial score (nSPS) is 14.8. The van der Waals surface area contributed by atoms with Gasteiger partial charge in [-0.05, 0) is 18.9 Å². The summed E-state index contributed by atoms with van der Waals surface area (Å²) in [4.78, 5) is 13.8. The molecule has 1 aliphatic carbocycles. The highest BCUT2D eigenvalue weighted by atomic mass is 16.3. The highest BCUT2D eigenvalue weighted by Crippen LogP contribution is 2.37. The van der Waals surface area contributed by atoms with Gasteiger partial charge in [0, 0.05) is 25.3 Å². The van der Waals surface area contributed by atoms with E-state index in [-0.39, 0.29) is 32.2 Å². The number of hydrogen-bond acceptors (Lipinski definition) is 4. The molecule has 0 atom stereocenters. The molecule has 0 aromatic carbocycles. The third-order valence-corrected chi connectivity index (χ3v) is 3.06. The maximum Gasteiger partial charge on any atom is 0.270 e. The SMILES string of the molecule is Nc1cc(C(=O)N(CCO)CCO)n(C2CC2)c1. The number of aliphatic hydroxyl groups excluding tert-OH is 2. The van der Waals surface area contributed by atoms with Gasteiger partial charge >= 0.3 is 0 Å². The third kappa shape index (κ3) is 2.65. The second-order valence-electron chi connectivity index (χ2n) is 4.54. The molecule has 2 rings (SSSR count). The van der Waals surface area contributed by atoms with Gasteiger partial charge in [0.05, 0.1) is 18.9 Å². The van der Waals surface area contributed by atoms with Crippen molar-refractivity contribution in [1.29, 1.82) is 0 Å². The number of nitrogen functional groups attached to an aromatic ring is 1. The Kier molecular flexibility index (Phi) is 3.88. The van der Waals surface area contributed by atoms with Crippen LogP contribution in [0.3, 0.4) is 0 Å². The zero-order valence-electron chi connectivity index (χ0n) is 10.2. The number of anilines is 1. The smallest absolute Gasteiger partial charge is 0.270 e. The van der Waals surface area contributed by atoms with Crippen molar-refractivity contribution < 1.29 is 15.0 Å². The van der Waals surface area contributed by atoms with Crippen LogP contribution in [-0.2, 0) is 0 Å². The number of carbonyl (C=O) groups excluding carboxylic acids is 1. The van der Waals surface area contributed by atoms with Gasteiger partial charge in [-0.15, -0.1) is 0 Å². The molecule has 1 heterocycles. The summed E-state index contributed by atoms with van der Waals surface area (Å²) in [5.74, 6) is -0.193. The number of rotatable bonds is 6. The minimum atomic E-state index is -0.193. The standard InChI is InChI=1S/C12H19N3O3/c13-9-7-11(15(8-9)10-1-2-10)12(18)14(3-5-16)4-6-17/h7-8,10,16-17H,1-6,13H2. The van der Waals surface area contributed by atoms with E-state index in [9.17, 15) is 4.79 Å². The van der Waals surface area contributed by atoms with Crippen LogP contribution in [0.25, 0.3) is 0 Å². The van der Waals surface area contributed by atoms with Crippen molar-refractivity contribution in [2.45, 2.75) is 18.9 Å². The molecule has 0 unspecified atom stereocenters. The predicted molar refractivity (Wildman–Crippen MR) is 67.2 cm³/mol. The van der Waals surface area contributed by atoms with Crippen LogP contribution >= 0.6 is 0 Å². The lowest BCUT2D eigenvalue weighted by Crippen LogP contribution is -2.36. The summed E-state index contributed by atoms with van der Waals surface area (Å²) in [6.07, 6.45) is 3.91. The Bertz CT molecular complexity index is 420. The summed E-state index contributed by atoms with van der Waals surface area (Å²) in [5.41, 5.74) is 6.85. The van der Waals surface area contributed by atoms with Crippen molar-refractivity contribution in [1.82, 2.24) is 9.47 Å². The first-order valence-electron chi connectivity index (χ1n) is 6.15.